The van der Waals surface area contributed by atoms with E-state index in [1.54, 1.807) is 0 Å². The summed E-state index contributed by atoms with van der Waals surface area (Å²) in [5, 5.41) is 30.6. The average molecular weight is 417 g/mol. The van der Waals surface area contributed by atoms with Crippen LogP contribution in [-0.2, 0) is 4.79 Å². The summed E-state index contributed by atoms with van der Waals surface area (Å²) in [6, 6.07) is 9.08. The largest absolute Gasteiger partial charge is 0.504 e. The van der Waals surface area contributed by atoms with Gasteiger partial charge >= 0.3 is 0 Å². The van der Waals surface area contributed by atoms with Crippen LogP contribution < -0.4 is 5.43 Å². The lowest BCUT2D eigenvalue weighted by Crippen LogP contribution is -2.44. The number of rotatable bonds is 4. The van der Waals surface area contributed by atoms with Crippen molar-refractivity contribution in [3.63, 3.8) is 0 Å². The quantitative estimate of drug-likeness (QED) is 0.227. The number of thioether (sulfide) groups is 1. The zero-order valence-electron chi connectivity index (χ0n) is 13.9. The van der Waals surface area contributed by atoms with Crippen LogP contribution in [0.15, 0.2) is 47.4 Å². The third-order valence-corrected chi connectivity index (χ3v) is 4.93. The van der Waals surface area contributed by atoms with Crippen LogP contribution in [0.3, 0.4) is 0 Å². The van der Waals surface area contributed by atoms with Gasteiger partial charge in [-0.25, -0.2) is 0 Å². The summed E-state index contributed by atoms with van der Waals surface area (Å²) in [4.78, 5) is 35.3. The zero-order valence-corrected chi connectivity index (χ0v) is 15.5. The Morgan fingerprint density at radius 2 is 1.96 bits per heavy atom. The number of benzene rings is 2. The van der Waals surface area contributed by atoms with Crippen LogP contribution in [0.2, 0.25) is 0 Å². The molecule has 1 fully saturated rings. The maximum Gasteiger partial charge on any atom is 0.285 e. The first-order chi connectivity index (χ1) is 13.3. The average Bonchev–Trinajstić information content (AvgIpc) is 2.92. The number of nitrogens with one attached hydrogen (secondary N) is 1. The van der Waals surface area contributed by atoms with Crippen molar-refractivity contribution < 1.29 is 24.7 Å². The van der Waals surface area contributed by atoms with Crippen LogP contribution >= 0.6 is 24.0 Å². The zero-order chi connectivity index (χ0) is 20.4. The number of phenols is 2. The number of phenolic OH excluding ortho intramolecular Hbond substituents is 2. The highest BCUT2D eigenvalue weighted by molar-refractivity contribution is 8.26. The van der Waals surface area contributed by atoms with Gasteiger partial charge in [0.25, 0.3) is 17.5 Å². The molecule has 142 valence electrons. The summed E-state index contributed by atoms with van der Waals surface area (Å²) in [6.07, 6.45) is 1.44. The third kappa shape index (κ3) is 3.94. The summed E-state index contributed by atoms with van der Waals surface area (Å²) < 4.78 is 0.0676. The number of nitro benzene ring substituents is 1. The number of nitrogens with zero attached hydrogens (tertiary/aromatic N) is 2. The first-order valence-corrected chi connectivity index (χ1v) is 8.84. The van der Waals surface area contributed by atoms with Crippen LogP contribution in [0, 0.1) is 10.1 Å². The minimum atomic E-state index is -0.733. The summed E-state index contributed by atoms with van der Waals surface area (Å²) in [5.74, 6) is -1.97. The van der Waals surface area contributed by atoms with E-state index in [9.17, 15) is 29.9 Å². The number of non-ortho nitro benzene ring substituents is 1. The number of aromatic hydroxyl groups is 2. The number of hydrazine groups is 1. The van der Waals surface area contributed by atoms with E-state index >= 15 is 0 Å². The molecule has 0 unspecified atom stereocenters. The standard InChI is InChI=1S/C17H11N3O6S2/c21-12-5-4-9(6-13(12)22)7-14-16(24)19(17(27)28-14)18-15(23)10-2-1-3-11(8-10)20(25)26/h1-8,21-22H,(H,18,23)/b14-7+. The van der Waals surface area contributed by atoms with E-state index in [0.717, 1.165) is 22.8 Å². The summed E-state index contributed by atoms with van der Waals surface area (Å²) in [5.41, 5.74) is 2.51. The molecular weight excluding hydrogens is 406 g/mol. The van der Waals surface area contributed by atoms with Crippen LogP contribution in [0.4, 0.5) is 5.69 Å². The normalized spacial score (nSPS) is 15.1. The molecule has 0 aliphatic carbocycles. The van der Waals surface area contributed by atoms with Gasteiger partial charge in [0, 0.05) is 17.7 Å². The molecular formula is C17H11N3O6S2. The minimum absolute atomic E-state index is 0.00399. The topological polar surface area (TPSA) is 133 Å². The lowest BCUT2D eigenvalue weighted by atomic mass is 10.2. The maximum atomic E-state index is 12.5. The van der Waals surface area contributed by atoms with E-state index in [2.05, 4.69) is 5.43 Å². The lowest BCUT2D eigenvalue weighted by Gasteiger charge is -2.15. The lowest BCUT2D eigenvalue weighted by molar-refractivity contribution is -0.384. The van der Waals surface area contributed by atoms with E-state index in [0.29, 0.717) is 5.56 Å². The van der Waals surface area contributed by atoms with E-state index in [-0.39, 0.29) is 32.0 Å². The van der Waals surface area contributed by atoms with Gasteiger partial charge in [-0.05, 0) is 42.1 Å². The maximum absolute atomic E-state index is 12.5. The van der Waals surface area contributed by atoms with Gasteiger partial charge in [0.05, 0.1) is 9.83 Å². The number of hydrogen-bond donors (Lipinski definition) is 3. The van der Waals surface area contributed by atoms with Crippen LogP contribution in [0.25, 0.3) is 6.08 Å². The second-order valence-electron chi connectivity index (χ2n) is 5.51. The summed E-state index contributed by atoms with van der Waals surface area (Å²) >= 11 is 6.04. The molecule has 0 radical (unpaired) electrons. The fourth-order valence-electron chi connectivity index (χ4n) is 2.27. The Labute approximate surface area is 167 Å². The second-order valence-corrected chi connectivity index (χ2v) is 7.19. The van der Waals surface area contributed by atoms with Crippen LogP contribution in [0.1, 0.15) is 15.9 Å². The van der Waals surface area contributed by atoms with E-state index in [1.165, 1.54) is 42.5 Å². The van der Waals surface area contributed by atoms with E-state index < -0.39 is 16.7 Å². The Hall–Kier alpha value is -3.44. The predicted molar refractivity (Wildman–Crippen MR) is 105 cm³/mol. The molecule has 3 N–H and O–H groups in total. The predicted octanol–water partition coefficient (Wildman–Crippen LogP) is 2.55. The van der Waals surface area contributed by atoms with Gasteiger partial charge in [0.15, 0.2) is 15.8 Å². The molecule has 0 bridgehead atoms. The summed E-state index contributed by atoms with van der Waals surface area (Å²) in [7, 11) is 0. The number of hydrogen-bond acceptors (Lipinski definition) is 8. The van der Waals surface area contributed by atoms with Gasteiger partial charge in [-0.2, -0.15) is 5.01 Å². The van der Waals surface area contributed by atoms with Gasteiger partial charge in [-0.3, -0.25) is 25.1 Å². The first kappa shape index (κ1) is 19.3. The van der Waals surface area contributed by atoms with Crippen molar-refractivity contribution in [1.29, 1.82) is 0 Å². The number of thiocarbonyl (C=S) groups is 1. The van der Waals surface area contributed by atoms with Crippen molar-refractivity contribution in [1.82, 2.24) is 10.4 Å². The Balaban J connectivity index is 1.79. The third-order valence-electron chi connectivity index (χ3n) is 3.62. The monoisotopic (exact) mass is 417 g/mol. The Morgan fingerprint density at radius 3 is 2.64 bits per heavy atom. The molecule has 1 aliphatic rings. The Bertz CT molecular complexity index is 1050. The van der Waals surface area contributed by atoms with Crippen molar-refractivity contribution in [2.24, 2.45) is 0 Å². The molecule has 1 heterocycles. The molecule has 0 aromatic heterocycles. The van der Waals surface area contributed by atoms with Gasteiger partial charge < -0.3 is 10.2 Å². The molecule has 0 saturated carbocycles. The number of nitro groups is 1. The van der Waals surface area contributed by atoms with E-state index in [4.69, 9.17) is 12.2 Å². The fourth-order valence-corrected chi connectivity index (χ4v) is 3.45. The van der Waals surface area contributed by atoms with Gasteiger partial charge in [-0.15, -0.1) is 0 Å². The van der Waals surface area contributed by atoms with Gasteiger partial charge in [-0.1, -0.05) is 23.9 Å². The SMILES string of the molecule is O=C(NN1C(=O)/C(=C\c2ccc(O)c(O)c2)SC1=S)c1cccc([N+](=O)[O-])c1. The Morgan fingerprint density at radius 1 is 1.21 bits per heavy atom. The van der Waals surface area contributed by atoms with Crippen molar-refractivity contribution in [3.8, 4) is 11.5 Å². The molecule has 2 aromatic carbocycles. The molecule has 28 heavy (non-hydrogen) atoms. The van der Waals surface area contributed by atoms with E-state index in [1.807, 2.05) is 0 Å². The van der Waals surface area contributed by atoms with Crippen molar-refractivity contribution in [2.45, 2.75) is 0 Å². The number of carbonyl (C=O) groups excluding carboxylic acids is 2. The highest BCUT2D eigenvalue weighted by atomic mass is 32.2. The molecule has 0 spiro atoms. The van der Waals surface area contributed by atoms with Crippen molar-refractivity contribution >= 4 is 51.9 Å². The molecule has 2 amide bonds. The molecule has 11 heteroatoms. The number of amides is 2. The molecule has 9 nitrogen and oxygen atoms in total. The molecule has 3 rings (SSSR count). The van der Waals surface area contributed by atoms with Gasteiger partial charge in [0.1, 0.15) is 0 Å². The van der Waals surface area contributed by atoms with Crippen molar-refractivity contribution in [3.05, 3.63) is 68.6 Å². The molecule has 0 atom stereocenters. The second kappa shape index (κ2) is 7.66. The van der Waals surface area contributed by atoms with Crippen molar-refractivity contribution in [2.75, 3.05) is 0 Å². The molecule has 1 aliphatic heterocycles. The minimum Gasteiger partial charge on any atom is -0.504 e. The highest BCUT2D eigenvalue weighted by Gasteiger charge is 2.34. The first-order valence-electron chi connectivity index (χ1n) is 7.61. The number of carbonyl (C=O) groups is 2. The van der Waals surface area contributed by atoms with Crippen LogP contribution in [0.5, 0.6) is 11.5 Å². The smallest absolute Gasteiger partial charge is 0.285 e. The summed E-state index contributed by atoms with van der Waals surface area (Å²) in [6.45, 7) is 0. The van der Waals surface area contributed by atoms with Gasteiger partial charge in [0.2, 0.25) is 0 Å². The molecule has 2 aromatic rings. The fraction of sp³-hybridized carbons (Fsp3) is 0. The van der Waals surface area contributed by atoms with Crippen LogP contribution in [-0.4, -0.2) is 36.3 Å². The molecule has 1 saturated heterocycles. The Kier molecular flexibility index (Phi) is 5.29. The highest BCUT2D eigenvalue weighted by Crippen LogP contribution is 2.33.